The Hall–Kier alpha value is -4.35. The summed E-state index contributed by atoms with van der Waals surface area (Å²) in [7, 11) is 1.65. The molecule has 4 N–H and O–H groups in total. The maximum absolute atomic E-state index is 13.6. The summed E-state index contributed by atoms with van der Waals surface area (Å²) in [6, 6.07) is 11.7. The van der Waals surface area contributed by atoms with Gasteiger partial charge in [-0.05, 0) is 57.0 Å². The van der Waals surface area contributed by atoms with E-state index in [-0.39, 0.29) is 36.6 Å². The van der Waals surface area contributed by atoms with Gasteiger partial charge >= 0.3 is 0 Å². The first-order valence-electron chi connectivity index (χ1n) is 12.5. The van der Waals surface area contributed by atoms with Gasteiger partial charge in [0.1, 0.15) is 5.82 Å². The minimum absolute atomic E-state index is 0.0521. The number of benzene rings is 2. The number of nitrogens with zero attached hydrogens (tertiary/aromatic N) is 2. The molecule has 4 amide bonds. The van der Waals surface area contributed by atoms with E-state index in [4.69, 9.17) is 10.2 Å². The Balaban J connectivity index is 0.000000316. The maximum Gasteiger partial charge on any atom is 0.254 e. The Morgan fingerprint density at radius 1 is 1.12 bits per heavy atom. The molecular formula is C29H37FN4O6. The second-order valence-electron chi connectivity index (χ2n) is 8.77. The van der Waals surface area contributed by atoms with E-state index in [1.165, 1.54) is 39.8 Å². The molecule has 1 unspecified atom stereocenters. The van der Waals surface area contributed by atoms with Crippen molar-refractivity contribution in [3.63, 3.8) is 0 Å². The van der Waals surface area contributed by atoms with E-state index in [2.05, 4.69) is 17.2 Å². The third kappa shape index (κ3) is 12.0. The number of allylic oxidation sites excluding steroid dienone is 1. The second kappa shape index (κ2) is 18.0. The lowest BCUT2D eigenvalue weighted by atomic mass is 10.2. The lowest BCUT2D eigenvalue weighted by Crippen LogP contribution is -2.36. The molecule has 1 saturated carbocycles. The molecule has 3 rings (SSSR count). The molecule has 0 bridgehead atoms. The molecule has 40 heavy (non-hydrogen) atoms. The Kier molecular flexibility index (Phi) is 15.2. The molecule has 0 spiro atoms. The lowest BCUT2D eigenvalue weighted by Gasteiger charge is -2.19. The van der Waals surface area contributed by atoms with E-state index in [9.17, 15) is 23.6 Å². The van der Waals surface area contributed by atoms with Crippen LogP contribution in [0, 0.1) is 18.7 Å². The van der Waals surface area contributed by atoms with Crippen LogP contribution in [0.4, 0.5) is 21.5 Å². The Bertz CT molecular complexity index is 1150. The van der Waals surface area contributed by atoms with Gasteiger partial charge in [0.2, 0.25) is 18.7 Å². The van der Waals surface area contributed by atoms with Crippen molar-refractivity contribution < 1.29 is 33.8 Å². The lowest BCUT2D eigenvalue weighted by molar-refractivity contribution is -0.132. The van der Waals surface area contributed by atoms with Crippen molar-refractivity contribution in [3.05, 3.63) is 78.8 Å². The van der Waals surface area contributed by atoms with Gasteiger partial charge in [-0.15, -0.1) is 0 Å². The quantitative estimate of drug-likeness (QED) is 0.248. The number of likely N-dealkylation sites (N-methyl/N-ethyl adjacent to an activating group) is 1. The Labute approximate surface area is 233 Å². The van der Waals surface area contributed by atoms with Crippen molar-refractivity contribution in [2.75, 3.05) is 35.7 Å². The number of carbonyl (C=O) groups is 4. The van der Waals surface area contributed by atoms with E-state index >= 15 is 0 Å². The zero-order valence-corrected chi connectivity index (χ0v) is 22.9. The highest BCUT2D eigenvalue weighted by molar-refractivity contribution is 6.02. The molecule has 0 heterocycles. The predicted molar refractivity (Wildman–Crippen MR) is 153 cm³/mol. The fourth-order valence-corrected chi connectivity index (χ4v) is 3.20. The van der Waals surface area contributed by atoms with Gasteiger partial charge in [-0.1, -0.05) is 30.4 Å². The summed E-state index contributed by atoms with van der Waals surface area (Å²) in [6.45, 7) is 7.15. The Morgan fingerprint density at radius 2 is 1.75 bits per heavy atom. The van der Waals surface area contributed by atoms with Gasteiger partial charge < -0.3 is 25.7 Å². The highest BCUT2D eigenvalue weighted by Gasteiger charge is 2.32. The smallest absolute Gasteiger partial charge is 0.254 e. The summed E-state index contributed by atoms with van der Waals surface area (Å²) in [5.41, 5.74) is 2.41. The van der Waals surface area contributed by atoms with Crippen molar-refractivity contribution >= 4 is 41.7 Å². The molecule has 0 saturated heterocycles. The zero-order chi connectivity index (χ0) is 30.1. The maximum atomic E-state index is 13.6. The molecule has 0 radical (unpaired) electrons. The zero-order valence-electron chi connectivity index (χ0n) is 22.9. The molecule has 0 aliphatic heterocycles. The summed E-state index contributed by atoms with van der Waals surface area (Å²) in [5.74, 6) is -0.689. The van der Waals surface area contributed by atoms with E-state index in [1.54, 1.807) is 20.0 Å². The van der Waals surface area contributed by atoms with Crippen LogP contribution in [-0.4, -0.2) is 66.1 Å². The van der Waals surface area contributed by atoms with Crippen LogP contribution < -0.4 is 15.5 Å². The first kappa shape index (κ1) is 33.7. The fraction of sp³-hybridized carbons (Fsp3) is 0.310. The monoisotopic (exact) mass is 556 g/mol. The number of aliphatic hydroxyl groups excluding tert-OH is 2. The van der Waals surface area contributed by atoms with Crippen LogP contribution in [-0.2, 0) is 19.2 Å². The van der Waals surface area contributed by atoms with Crippen LogP contribution >= 0.6 is 0 Å². The van der Waals surface area contributed by atoms with Crippen molar-refractivity contribution in [1.82, 2.24) is 4.90 Å². The second-order valence-corrected chi connectivity index (χ2v) is 8.77. The average Bonchev–Trinajstić information content (AvgIpc) is 3.78. The molecule has 1 aliphatic rings. The topological polar surface area (TPSA) is 139 Å². The molecule has 1 aliphatic carbocycles. The number of aryl methyl sites for hydroxylation is 1. The Morgan fingerprint density at radius 3 is 2.23 bits per heavy atom. The number of nitrogens with one attached hydrogen (secondary N) is 2. The van der Waals surface area contributed by atoms with Crippen LogP contribution in [0.15, 0.2) is 67.4 Å². The van der Waals surface area contributed by atoms with Crippen molar-refractivity contribution in [1.29, 1.82) is 0 Å². The van der Waals surface area contributed by atoms with Crippen LogP contribution in [0.5, 0.6) is 0 Å². The van der Waals surface area contributed by atoms with E-state index in [1.807, 2.05) is 31.2 Å². The predicted octanol–water partition coefficient (Wildman–Crippen LogP) is 3.22. The molecule has 10 nitrogen and oxygen atoms in total. The van der Waals surface area contributed by atoms with E-state index in [0.717, 1.165) is 24.6 Å². The number of amides is 4. The van der Waals surface area contributed by atoms with Gasteiger partial charge in [0.25, 0.3) is 5.91 Å². The third-order valence-electron chi connectivity index (χ3n) is 5.45. The summed E-state index contributed by atoms with van der Waals surface area (Å²) in [5, 5.41) is 22.3. The number of carbonyl (C=O) groups excluding carboxylic acids is 4. The van der Waals surface area contributed by atoms with Crippen LogP contribution in [0.3, 0.4) is 0 Å². The molecular weight excluding hydrogens is 519 g/mol. The molecule has 11 heteroatoms. The molecule has 2 aromatic rings. The van der Waals surface area contributed by atoms with Crippen LogP contribution in [0.1, 0.15) is 25.3 Å². The third-order valence-corrected chi connectivity index (χ3v) is 5.45. The van der Waals surface area contributed by atoms with Crippen LogP contribution in [0.25, 0.3) is 0 Å². The van der Waals surface area contributed by atoms with Gasteiger partial charge in [-0.2, -0.15) is 0 Å². The van der Waals surface area contributed by atoms with Crippen molar-refractivity contribution in [3.8, 4) is 0 Å². The average molecular weight is 557 g/mol. The van der Waals surface area contributed by atoms with Gasteiger partial charge in [-0.3, -0.25) is 24.1 Å². The van der Waals surface area contributed by atoms with Gasteiger partial charge in [0.05, 0.1) is 24.1 Å². The summed E-state index contributed by atoms with van der Waals surface area (Å²) in [4.78, 5) is 45.8. The minimum Gasteiger partial charge on any atom is -0.394 e. The minimum atomic E-state index is -0.808. The molecule has 1 atom stereocenters. The first-order valence-corrected chi connectivity index (χ1v) is 12.5. The standard InChI is InChI=1S/C13H13FN2O2.C8H15NO3.C8H9NO/c1-3-5-13(18)16(4-2)10-6-7-12(15-9-17)11(14)8-10;1-9(4-7(11)5-10)8(12)6-2-3-6;1-7-2-4-8(5-3-7)9-6-10/h3-9H,2H2,1H3,(H,15,17);6-7,10-11H,2-5H2,1H3;2-6H,1H3,(H,9,10)/b5-3-;;. The van der Waals surface area contributed by atoms with Crippen molar-refractivity contribution in [2.45, 2.75) is 32.8 Å². The SMILES string of the molecule is C=CN(C(=O)/C=C\C)c1ccc(NC=O)c(F)c1.CN(CC(O)CO)C(=O)C1CC1.Cc1ccc(NC=O)cc1. The normalized spacial score (nSPS) is 12.4. The largest absolute Gasteiger partial charge is 0.394 e. The molecule has 2 aromatic carbocycles. The fourth-order valence-electron chi connectivity index (χ4n) is 3.20. The first-order chi connectivity index (χ1) is 19.1. The number of hydrogen-bond acceptors (Lipinski definition) is 6. The summed E-state index contributed by atoms with van der Waals surface area (Å²) >= 11 is 0. The van der Waals surface area contributed by atoms with Crippen molar-refractivity contribution in [2.24, 2.45) is 5.92 Å². The van der Waals surface area contributed by atoms with Gasteiger partial charge in [0, 0.05) is 37.5 Å². The molecule has 0 aromatic heterocycles. The molecule has 1 fully saturated rings. The van der Waals surface area contributed by atoms with E-state index < -0.39 is 11.9 Å². The van der Waals surface area contributed by atoms with Gasteiger partial charge in [-0.25, -0.2) is 4.39 Å². The number of hydrogen-bond donors (Lipinski definition) is 4. The number of rotatable bonds is 11. The summed E-state index contributed by atoms with van der Waals surface area (Å²) < 4.78 is 13.6. The van der Waals surface area contributed by atoms with Gasteiger partial charge in [0.15, 0.2) is 0 Å². The highest BCUT2D eigenvalue weighted by Crippen LogP contribution is 2.30. The van der Waals surface area contributed by atoms with Crippen LogP contribution in [0.2, 0.25) is 0 Å². The molecule has 216 valence electrons. The van der Waals surface area contributed by atoms with E-state index in [0.29, 0.717) is 18.5 Å². The number of aliphatic hydroxyl groups is 2. The summed E-state index contributed by atoms with van der Waals surface area (Å²) in [6.07, 6.45) is 6.41. The highest BCUT2D eigenvalue weighted by atomic mass is 19.1. The number of halogens is 1. The number of anilines is 3.